The van der Waals surface area contributed by atoms with E-state index in [-0.39, 0.29) is 5.91 Å². The first-order valence-electron chi connectivity index (χ1n) is 7.63. The van der Waals surface area contributed by atoms with E-state index in [1.54, 1.807) is 0 Å². The van der Waals surface area contributed by atoms with Gasteiger partial charge in [-0.3, -0.25) is 10.1 Å². The number of amides is 1. The summed E-state index contributed by atoms with van der Waals surface area (Å²) in [6.07, 6.45) is 4.71. The van der Waals surface area contributed by atoms with Crippen LogP contribution in [-0.4, -0.2) is 21.6 Å². The number of nitrogens with zero attached hydrogens (tertiary/aromatic N) is 2. The molecule has 6 nitrogen and oxygen atoms in total. The zero-order chi connectivity index (χ0) is 15.4. The highest BCUT2D eigenvalue weighted by atomic mass is 16.5. The lowest BCUT2D eigenvalue weighted by molar-refractivity contribution is -0.125. The lowest BCUT2D eigenvalue weighted by Crippen LogP contribution is -2.56. The summed E-state index contributed by atoms with van der Waals surface area (Å²) in [6, 6.07) is 9.60. The number of aromatic nitrogens is 2. The van der Waals surface area contributed by atoms with Crippen LogP contribution in [0.4, 0.5) is 0 Å². The topological polar surface area (TPSA) is 94.0 Å². The quantitative estimate of drug-likeness (QED) is 0.881. The second kappa shape index (κ2) is 6.27. The number of nitrogens with two attached hydrogens (primary N) is 1. The number of hydrogen-bond donors (Lipinski definition) is 2. The minimum Gasteiger partial charge on any atom is -0.368 e. The van der Waals surface area contributed by atoms with Gasteiger partial charge in [0.25, 0.3) is 5.89 Å². The highest BCUT2D eigenvalue weighted by Gasteiger charge is 2.37. The highest BCUT2D eigenvalue weighted by Crippen LogP contribution is 2.28. The summed E-state index contributed by atoms with van der Waals surface area (Å²) < 4.78 is 5.27. The smallest absolute Gasteiger partial charge is 0.257 e. The van der Waals surface area contributed by atoms with Crippen LogP contribution in [0.3, 0.4) is 0 Å². The maximum Gasteiger partial charge on any atom is 0.257 e. The SMILES string of the molecule is NC(=O)C1(NCc2noc(-c3ccccc3)n2)CCCCC1. The second-order valence-electron chi connectivity index (χ2n) is 5.74. The molecule has 0 unspecified atom stereocenters. The summed E-state index contributed by atoms with van der Waals surface area (Å²) in [4.78, 5) is 16.2. The van der Waals surface area contributed by atoms with E-state index in [0.717, 1.165) is 37.7 Å². The molecule has 1 saturated carbocycles. The molecule has 1 fully saturated rings. The number of nitrogens with one attached hydrogen (secondary N) is 1. The third-order valence-corrected chi connectivity index (χ3v) is 4.25. The van der Waals surface area contributed by atoms with Crippen LogP contribution >= 0.6 is 0 Å². The number of rotatable bonds is 5. The van der Waals surface area contributed by atoms with Crippen LogP contribution in [0.1, 0.15) is 37.9 Å². The van der Waals surface area contributed by atoms with Gasteiger partial charge in [-0.25, -0.2) is 0 Å². The van der Waals surface area contributed by atoms with Gasteiger partial charge >= 0.3 is 0 Å². The van der Waals surface area contributed by atoms with Gasteiger partial charge in [-0.1, -0.05) is 42.6 Å². The standard InChI is InChI=1S/C16H20N4O2/c17-15(21)16(9-5-2-6-10-16)18-11-13-19-14(22-20-13)12-7-3-1-4-8-12/h1,3-4,7-8,18H,2,5-6,9-11H2,(H2,17,21). The Morgan fingerprint density at radius 1 is 1.23 bits per heavy atom. The van der Waals surface area contributed by atoms with Gasteiger partial charge in [0.15, 0.2) is 5.82 Å². The molecule has 0 spiro atoms. The van der Waals surface area contributed by atoms with E-state index < -0.39 is 5.54 Å². The van der Waals surface area contributed by atoms with Crippen LogP contribution < -0.4 is 11.1 Å². The predicted octanol–water partition coefficient (Wildman–Crippen LogP) is 2.01. The molecule has 1 amide bonds. The number of carbonyl (C=O) groups excluding carboxylic acids is 1. The van der Waals surface area contributed by atoms with Crippen molar-refractivity contribution >= 4 is 5.91 Å². The van der Waals surface area contributed by atoms with Crippen LogP contribution in [0.25, 0.3) is 11.5 Å². The first-order valence-corrected chi connectivity index (χ1v) is 7.63. The molecule has 1 aromatic carbocycles. The van der Waals surface area contributed by atoms with Crippen LogP contribution in [0, 0.1) is 0 Å². The Morgan fingerprint density at radius 2 is 1.95 bits per heavy atom. The average molecular weight is 300 g/mol. The zero-order valence-electron chi connectivity index (χ0n) is 12.4. The molecule has 1 aliphatic rings. The largest absolute Gasteiger partial charge is 0.368 e. The van der Waals surface area contributed by atoms with Crippen molar-refractivity contribution < 1.29 is 9.32 Å². The number of primary amides is 1. The maximum atomic E-state index is 11.8. The molecule has 1 aliphatic carbocycles. The summed E-state index contributed by atoms with van der Waals surface area (Å²) in [5.74, 6) is 0.721. The molecule has 1 heterocycles. The first-order chi connectivity index (χ1) is 10.7. The Hall–Kier alpha value is -2.21. The molecule has 0 bridgehead atoms. The fourth-order valence-electron chi connectivity index (χ4n) is 2.94. The molecule has 0 radical (unpaired) electrons. The molecular formula is C16H20N4O2. The summed E-state index contributed by atoms with van der Waals surface area (Å²) in [5, 5.41) is 7.22. The Morgan fingerprint density at radius 3 is 2.64 bits per heavy atom. The van der Waals surface area contributed by atoms with E-state index in [2.05, 4.69) is 15.5 Å². The molecule has 6 heteroatoms. The fourth-order valence-corrected chi connectivity index (χ4v) is 2.94. The number of hydrogen-bond acceptors (Lipinski definition) is 5. The summed E-state index contributed by atoms with van der Waals surface area (Å²) in [7, 11) is 0. The minimum atomic E-state index is -0.633. The van der Waals surface area contributed by atoms with Gasteiger partial charge in [-0.05, 0) is 25.0 Å². The fraction of sp³-hybridized carbons (Fsp3) is 0.438. The molecule has 22 heavy (non-hydrogen) atoms. The number of benzene rings is 1. The Bertz CT molecular complexity index is 633. The molecule has 116 valence electrons. The van der Waals surface area contributed by atoms with Crippen molar-refractivity contribution in [2.45, 2.75) is 44.2 Å². The molecule has 2 aromatic rings. The predicted molar refractivity (Wildman–Crippen MR) is 81.6 cm³/mol. The lowest BCUT2D eigenvalue weighted by atomic mass is 9.81. The van der Waals surface area contributed by atoms with Crippen LogP contribution in [0.15, 0.2) is 34.9 Å². The first kappa shape index (κ1) is 14.7. The highest BCUT2D eigenvalue weighted by molar-refractivity contribution is 5.84. The van der Waals surface area contributed by atoms with Crippen molar-refractivity contribution in [1.29, 1.82) is 0 Å². The van der Waals surface area contributed by atoms with Crippen molar-refractivity contribution in [2.75, 3.05) is 0 Å². The monoisotopic (exact) mass is 300 g/mol. The maximum absolute atomic E-state index is 11.8. The molecule has 0 saturated heterocycles. The van der Waals surface area contributed by atoms with E-state index >= 15 is 0 Å². The van der Waals surface area contributed by atoms with E-state index in [1.165, 1.54) is 0 Å². The Kier molecular flexibility index (Phi) is 4.20. The van der Waals surface area contributed by atoms with E-state index in [0.29, 0.717) is 18.3 Å². The summed E-state index contributed by atoms with van der Waals surface area (Å²) in [5.41, 5.74) is 5.84. The van der Waals surface area contributed by atoms with Gasteiger partial charge in [0.05, 0.1) is 12.1 Å². The molecule has 3 N–H and O–H groups in total. The van der Waals surface area contributed by atoms with E-state index in [1.807, 2.05) is 30.3 Å². The van der Waals surface area contributed by atoms with E-state index in [9.17, 15) is 4.79 Å². The van der Waals surface area contributed by atoms with Crippen molar-refractivity contribution in [1.82, 2.24) is 15.5 Å². The molecule has 3 rings (SSSR count). The average Bonchev–Trinajstić information content (AvgIpc) is 3.03. The normalized spacial score (nSPS) is 17.3. The van der Waals surface area contributed by atoms with Crippen molar-refractivity contribution in [3.05, 3.63) is 36.2 Å². The van der Waals surface area contributed by atoms with Crippen molar-refractivity contribution in [3.63, 3.8) is 0 Å². The van der Waals surface area contributed by atoms with Crippen molar-refractivity contribution in [3.8, 4) is 11.5 Å². The van der Waals surface area contributed by atoms with Crippen LogP contribution in [0.2, 0.25) is 0 Å². The van der Waals surface area contributed by atoms with E-state index in [4.69, 9.17) is 10.3 Å². The van der Waals surface area contributed by atoms with Gasteiger partial charge in [0.1, 0.15) is 0 Å². The molecule has 0 aliphatic heterocycles. The minimum absolute atomic E-state index is 0.293. The Labute approximate surface area is 129 Å². The van der Waals surface area contributed by atoms with Crippen LogP contribution in [-0.2, 0) is 11.3 Å². The van der Waals surface area contributed by atoms with Gasteiger partial charge in [-0.2, -0.15) is 4.98 Å². The summed E-state index contributed by atoms with van der Waals surface area (Å²) >= 11 is 0. The molecule has 1 aromatic heterocycles. The van der Waals surface area contributed by atoms with Gasteiger partial charge in [-0.15, -0.1) is 0 Å². The summed E-state index contributed by atoms with van der Waals surface area (Å²) in [6.45, 7) is 0.374. The van der Waals surface area contributed by atoms with Crippen LogP contribution in [0.5, 0.6) is 0 Å². The lowest BCUT2D eigenvalue weighted by Gasteiger charge is -2.34. The zero-order valence-corrected chi connectivity index (χ0v) is 12.4. The molecular weight excluding hydrogens is 280 g/mol. The Balaban J connectivity index is 1.69. The third kappa shape index (κ3) is 3.01. The van der Waals surface area contributed by atoms with Gasteiger partial charge < -0.3 is 10.3 Å². The molecule has 0 atom stereocenters. The van der Waals surface area contributed by atoms with Crippen molar-refractivity contribution in [2.24, 2.45) is 5.73 Å². The number of carbonyl (C=O) groups is 1. The van der Waals surface area contributed by atoms with Gasteiger partial charge in [0.2, 0.25) is 5.91 Å². The third-order valence-electron chi connectivity index (χ3n) is 4.25. The second-order valence-corrected chi connectivity index (χ2v) is 5.74. The van der Waals surface area contributed by atoms with Gasteiger partial charge in [0, 0.05) is 5.56 Å².